The zero-order valence-corrected chi connectivity index (χ0v) is 15.8. The van der Waals surface area contributed by atoms with Crippen molar-refractivity contribution in [1.29, 1.82) is 0 Å². The fourth-order valence-corrected chi connectivity index (χ4v) is 3.65. The summed E-state index contributed by atoms with van der Waals surface area (Å²) in [4.78, 5) is 6.99. The molecule has 4 rings (SSSR count). The van der Waals surface area contributed by atoms with Gasteiger partial charge in [0.1, 0.15) is 0 Å². The van der Waals surface area contributed by atoms with Crippen LogP contribution in [0.15, 0.2) is 59.1 Å². The van der Waals surface area contributed by atoms with Crippen LogP contribution in [0.2, 0.25) is 0 Å². The van der Waals surface area contributed by atoms with E-state index >= 15 is 0 Å². The lowest BCUT2D eigenvalue weighted by Crippen LogP contribution is -2.35. The van der Waals surface area contributed by atoms with Crippen LogP contribution in [0.1, 0.15) is 24.0 Å². The number of piperidine rings is 1. The third-order valence-electron chi connectivity index (χ3n) is 5.20. The molecule has 0 bridgehead atoms. The fourth-order valence-electron chi connectivity index (χ4n) is 3.65. The number of benzene rings is 2. The van der Waals surface area contributed by atoms with Crippen LogP contribution in [0.3, 0.4) is 0 Å². The Morgan fingerprint density at radius 3 is 2.67 bits per heavy atom. The summed E-state index contributed by atoms with van der Waals surface area (Å²) >= 11 is 0. The largest absolute Gasteiger partial charge is 0.337 e. The standard InChI is InChI=1S/C22H26N4O/c1-17-6-5-7-19(14-17)16-26-12-10-18(11-13-26)15-23-22-24-21(25-27-22)20-8-3-2-4-9-20/h2-9,14,18H,10-13,15-16H2,1H3,(H,23,24,25). The van der Waals surface area contributed by atoms with Crippen LogP contribution in [-0.4, -0.2) is 34.7 Å². The number of hydrogen-bond acceptors (Lipinski definition) is 5. The molecule has 1 aromatic heterocycles. The first-order valence-electron chi connectivity index (χ1n) is 9.67. The Labute approximate surface area is 160 Å². The van der Waals surface area contributed by atoms with E-state index in [1.54, 1.807) is 0 Å². The SMILES string of the molecule is Cc1cccc(CN2CCC(CNc3nc(-c4ccccc4)no3)CC2)c1. The van der Waals surface area contributed by atoms with Crippen molar-refractivity contribution in [3.63, 3.8) is 0 Å². The molecule has 1 fully saturated rings. The summed E-state index contributed by atoms with van der Waals surface area (Å²) in [7, 11) is 0. The van der Waals surface area contributed by atoms with E-state index in [9.17, 15) is 0 Å². The third kappa shape index (κ3) is 4.74. The van der Waals surface area contributed by atoms with Gasteiger partial charge in [-0.05, 0) is 44.3 Å². The third-order valence-corrected chi connectivity index (χ3v) is 5.20. The van der Waals surface area contributed by atoms with Gasteiger partial charge in [0, 0.05) is 18.7 Å². The first kappa shape index (κ1) is 17.7. The predicted octanol–water partition coefficient (Wildman–Crippen LogP) is 4.37. The number of aromatic nitrogens is 2. The first-order chi connectivity index (χ1) is 13.3. The average Bonchev–Trinajstić information content (AvgIpc) is 3.17. The molecule has 5 nitrogen and oxygen atoms in total. The second kappa shape index (κ2) is 8.35. The zero-order valence-electron chi connectivity index (χ0n) is 15.8. The zero-order chi connectivity index (χ0) is 18.5. The molecule has 0 aliphatic carbocycles. The van der Waals surface area contributed by atoms with Gasteiger partial charge in [-0.3, -0.25) is 4.90 Å². The van der Waals surface area contributed by atoms with Crippen molar-refractivity contribution in [1.82, 2.24) is 15.0 Å². The summed E-state index contributed by atoms with van der Waals surface area (Å²) in [6, 6.07) is 19.2. The quantitative estimate of drug-likeness (QED) is 0.706. The fraction of sp³-hybridized carbons (Fsp3) is 0.364. The van der Waals surface area contributed by atoms with Crippen molar-refractivity contribution in [2.45, 2.75) is 26.3 Å². The van der Waals surface area contributed by atoms with E-state index in [2.05, 4.69) is 51.5 Å². The lowest BCUT2D eigenvalue weighted by atomic mass is 9.96. The van der Waals surface area contributed by atoms with Gasteiger partial charge in [0.25, 0.3) is 0 Å². The molecule has 1 N–H and O–H groups in total. The highest BCUT2D eigenvalue weighted by atomic mass is 16.5. The number of anilines is 1. The highest BCUT2D eigenvalue weighted by Gasteiger charge is 2.20. The van der Waals surface area contributed by atoms with Gasteiger partial charge >= 0.3 is 6.01 Å². The Balaban J connectivity index is 1.23. The van der Waals surface area contributed by atoms with Crippen LogP contribution < -0.4 is 5.32 Å². The molecule has 0 unspecified atom stereocenters. The molecule has 0 radical (unpaired) electrons. The van der Waals surface area contributed by atoms with E-state index in [1.165, 1.54) is 24.0 Å². The number of aryl methyl sites for hydroxylation is 1. The van der Waals surface area contributed by atoms with Crippen LogP contribution in [0.4, 0.5) is 6.01 Å². The minimum absolute atomic E-state index is 0.510. The van der Waals surface area contributed by atoms with E-state index in [-0.39, 0.29) is 0 Å². The van der Waals surface area contributed by atoms with Gasteiger partial charge < -0.3 is 9.84 Å². The summed E-state index contributed by atoms with van der Waals surface area (Å²) in [6.07, 6.45) is 2.39. The molecular formula is C22H26N4O. The number of likely N-dealkylation sites (tertiary alicyclic amines) is 1. The van der Waals surface area contributed by atoms with Gasteiger partial charge in [0.05, 0.1) is 0 Å². The Hall–Kier alpha value is -2.66. The van der Waals surface area contributed by atoms with Gasteiger partial charge in [-0.15, -0.1) is 0 Å². The summed E-state index contributed by atoms with van der Waals surface area (Å²) in [5, 5.41) is 7.38. The Bertz CT molecular complexity index is 854. The van der Waals surface area contributed by atoms with Crippen molar-refractivity contribution in [2.24, 2.45) is 5.92 Å². The lowest BCUT2D eigenvalue weighted by Gasteiger charge is -2.32. The van der Waals surface area contributed by atoms with E-state index in [4.69, 9.17) is 4.52 Å². The highest BCUT2D eigenvalue weighted by Crippen LogP contribution is 2.21. The minimum Gasteiger partial charge on any atom is -0.337 e. The predicted molar refractivity (Wildman–Crippen MR) is 107 cm³/mol. The van der Waals surface area contributed by atoms with Gasteiger partial charge in [0.2, 0.25) is 5.82 Å². The number of rotatable bonds is 6. The number of nitrogens with zero attached hydrogens (tertiary/aromatic N) is 3. The Morgan fingerprint density at radius 2 is 1.89 bits per heavy atom. The molecule has 2 heterocycles. The van der Waals surface area contributed by atoms with Gasteiger partial charge in [-0.1, -0.05) is 65.3 Å². The summed E-state index contributed by atoms with van der Waals surface area (Å²) in [6.45, 7) is 6.36. The molecule has 0 atom stereocenters. The molecule has 27 heavy (non-hydrogen) atoms. The van der Waals surface area contributed by atoms with Gasteiger partial charge in [0.15, 0.2) is 0 Å². The van der Waals surface area contributed by atoms with Gasteiger partial charge in [-0.25, -0.2) is 0 Å². The topological polar surface area (TPSA) is 54.2 Å². The van der Waals surface area contributed by atoms with Crippen LogP contribution >= 0.6 is 0 Å². The maximum absolute atomic E-state index is 5.34. The molecule has 1 aliphatic heterocycles. The monoisotopic (exact) mass is 362 g/mol. The second-order valence-corrected chi connectivity index (χ2v) is 7.38. The van der Waals surface area contributed by atoms with E-state index < -0.39 is 0 Å². The van der Waals surface area contributed by atoms with E-state index in [0.29, 0.717) is 17.8 Å². The summed E-state index contributed by atoms with van der Waals surface area (Å²) in [5.41, 5.74) is 3.71. The molecule has 3 aromatic rings. The molecule has 2 aromatic carbocycles. The Morgan fingerprint density at radius 1 is 1.07 bits per heavy atom. The molecular weight excluding hydrogens is 336 g/mol. The lowest BCUT2D eigenvalue weighted by molar-refractivity contribution is 0.182. The molecule has 0 spiro atoms. The number of hydrogen-bond donors (Lipinski definition) is 1. The number of nitrogens with one attached hydrogen (secondary N) is 1. The van der Waals surface area contributed by atoms with Crippen molar-refractivity contribution in [2.75, 3.05) is 25.0 Å². The van der Waals surface area contributed by atoms with Crippen molar-refractivity contribution in [3.05, 3.63) is 65.7 Å². The highest BCUT2D eigenvalue weighted by molar-refractivity contribution is 5.54. The van der Waals surface area contributed by atoms with Crippen molar-refractivity contribution in [3.8, 4) is 11.4 Å². The van der Waals surface area contributed by atoms with Crippen LogP contribution in [0, 0.1) is 12.8 Å². The average molecular weight is 362 g/mol. The molecule has 1 aliphatic rings. The Kier molecular flexibility index (Phi) is 5.49. The molecule has 0 saturated carbocycles. The minimum atomic E-state index is 0.510. The molecule has 0 amide bonds. The van der Waals surface area contributed by atoms with Crippen molar-refractivity contribution < 1.29 is 4.52 Å². The molecule has 1 saturated heterocycles. The van der Waals surface area contributed by atoms with Crippen LogP contribution in [0.5, 0.6) is 0 Å². The maximum atomic E-state index is 5.34. The van der Waals surface area contributed by atoms with E-state index in [1.807, 2.05) is 30.3 Å². The second-order valence-electron chi connectivity index (χ2n) is 7.38. The normalized spacial score (nSPS) is 15.7. The van der Waals surface area contributed by atoms with Crippen molar-refractivity contribution >= 4 is 6.01 Å². The summed E-state index contributed by atoms with van der Waals surface area (Å²) < 4.78 is 5.34. The van der Waals surface area contributed by atoms with Gasteiger partial charge in [-0.2, -0.15) is 4.98 Å². The first-order valence-corrected chi connectivity index (χ1v) is 9.67. The smallest absolute Gasteiger partial charge is 0.321 e. The van der Waals surface area contributed by atoms with E-state index in [0.717, 1.165) is 31.7 Å². The maximum Gasteiger partial charge on any atom is 0.321 e. The molecule has 5 heteroatoms. The van der Waals surface area contributed by atoms with Crippen LogP contribution in [0.25, 0.3) is 11.4 Å². The summed E-state index contributed by atoms with van der Waals surface area (Å²) in [5.74, 6) is 1.27. The molecule has 140 valence electrons. The van der Waals surface area contributed by atoms with Crippen LogP contribution in [-0.2, 0) is 6.54 Å².